The van der Waals surface area contributed by atoms with E-state index in [-0.39, 0.29) is 0 Å². The van der Waals surface area contributed by atoms with Gasteiger partial charge < -0.3 is 15.4 Å². The number of rotatable bonds is 5. The minimum atomic E-state index is 0.508. The molecule has 2 N–H and O–H groups in total. The van der Waals surface area contributed by atoms with Gasteiger partial charge in [-0.3, -0.25) is 0 Å². The Labute approximate surface area is 114 Å². The molecule has 0 aromatic heterocycles. The monoisotopic (exact) mass is 268 g/mol. The van der Waals surface area contributed by atoms with Crippen LogP contribution in [0, 0.1) is 0 Å². The first kappa shape index (κ1) is 13.5. The van der Waals surface area contributed by atoms with Gasteiger partial charge in [-0.2, -0.15) is 0 Å². The van der Waals surface area contributed by atoms with E-state index in [2.05, 4.69) is 17.6 Å². The van der Waals surface area contributed by atoms with E-state index >= 15 is 0 Å². The summed E-state index contributed by atoms with van der Waals surface area (Å²) >= 11 is 6.06. The number of hydrogen-bond donors (Lipinski definition) is 2. The van der Waals surface area contributed by atoms with Gasteiger partial charge in [0.1, 0.15) is 5.75 Å². The van der Waals surface area contributed by atoms with Gasteiger partial charge in [-0.05, 0) is 50.6 Å². The number of halogens is 1. The molecule has 0 spiro atoms. The van der Waals surface area contributed by atoms with E-state index in [4.69, 9.17) is 16.3 Å². The molecule has 1 fully saturated rings. The normalized spacial score (nSPS) is 16.6. The van der Waals surface area contributed by atoms with Crippen LogP contribution < -0.4 is 15.4 Å². The van der Waals surface area contributed by atoms with Crippen LogP contribution >= 0.6 is 11.6 Å². The summed E-state index contributed by atoms with van der Waals surface area (Å²) < 4.78 is 5.75. The van der Waals surface area contributed by atoms with Gasteiger partial charge in [-0.25, -0.2) is 0 Å². The molecule has 1 aromatic rings. The largest absolute Gasteiger partial charge is 0.491 e. The lowest BCUT2D eigenvalue weighted by atomic mass is 10.1. The quantitative estimate of drug-likeness (QED) is 0.860. The average molecular weight is 269 g/mol. The molecule has 100 valence electrons. The van der Waals surface area contributed by atoms with Crippen molar-refractivity contribution in [3.63, 3.8) is 0 Å². The van der Waals surface area contributed by atoms with Crippen molar-refractivity contribution < 1.29 is 4.74 Å². The highest BCUT2D eigenvalue weighted by atomic mass is 35.5. The van der Waals surface area contributed by atoms with Gasteiger partial charge in [-0.15, -0.1) is 0 Å². The SMILES string of the molecule is CCCOc1ccc(Cl)cc1NC1CCNCC1. The second-order valence-electron chi connectivity index (χ2n) is 4.66. The first-order valence-corrected chi connectivity index (χ1v) is 7.07. The van der Waals surface area contributed by atoms with Crippen LogP contribution in [0.4, 0.5) is 5.69 Å². The van der Waals surface area contributed by atoms with E-state index in [1.54, 1.807) is 0 Å². The molecule has 0 unspecified atom stereocenters. The van der Waals surface area contributed by atoms with Crippen molar-refractivity contribution in [3.05, 3.63) is 23.2 Å². The standard InChI is InChI=1S/C14H21ClN2O/c1-2-9-18-14-4-3-11(15)10-13(14)17-12-5-7-16-8-6-12/h3-4,10,12,16-17H,2,5-9H2,1H3. The number of ether oxygens (including phenoxy) is 1. The van der Waals surface area contributed by atoms with Crippen molar-refractivity contribution in [2.24, 2.45) is 0 Å². The highest BCUT2D eigenvalue weighted by Crippen LogP contribution is 2.29. The summed E-state index contributed by atoms with van der Waals surface area (Å²) in [6.45, 7) is 4.99. The van der Waals surface area contributed by atoms with Gasteiger partial charge in [0, 0.05) is 11.1 Å². The molecule has 1 heterocycles. The van der Waals surface area contributed by atoms with Crippen LogP contribution in [0.5, 0.6) is 5.75 Å². The molecular weight excluding hydrogens is 248 g/mol. The molecule has 1 aliphatic rings. The van der Waals surface area contributed by atoms with Crippen LogP contribution in [0.15, 0.2) is 18.2 Å². The molecule has 18 heavy (non-hydrogen) atoms. The molecule has 0 bridgehead atoms. The van der Waals surface area contributed by atoms with Crippen molar-refractivity contribution in [1.29, 1.82) is 0 Å². The van der Waals surface area contributed by atoms with Gasteiger partial charge in [0.25, 0.3) is 0 Å². The van der Waals surface area contributed by atoms with E-state index in [1.807, 2.05) is 18.2 Å². The summed E-state index contributed by atoms with van der Waals surface area (Å²) in [6.07, 6.45) is 3.29. The van der Waals surface area contributed by atoms with Crippen molar-refractivity contribution in [3.8, 4) is 5.75 Å². The van der Waals surface area contributed by atoms with Crippen LogP contribution in [0.2, 0.25) is 5.02 Å². The average Bonchev–Trinajstić information content (AvgIpc) is 2.39. The molecule has 4 heteroatoms. The van der Waals surface area contributed by atoms with Crippen molar-refractivity contribution in [2.75, 3.05) is 25.0 Å². The first-order chi connectivity index (χ1) is 8.79. The minimum Gasteiger partial charge on any atom is -0.491 e. The predicted octanol–water partition coefficient (Wildman–Crippen LogP) is 3.29. The second-order valence-corrected chi connectivity index (χ2v) is 5.09. The maximum atomic E-state index is 6.06. The Hall–Kier alpha value is -0.930. The van der Waals surface area contributed by atoms with E-state index in [0.29, 0.717) is 6.04 Å². The fourth-order valence-corrected chi connectivity index (χ4v) is 2.31. The number of nitrogens with one attached hydrogen (secondary N) is 2. The summed E-state index contributed by atoms with van der Waals surface area (Å²) in [5.41, 5.74) is 1.02. The molecule has 0 radical (unpaired) electrons. The number of hydrogen-bond acceptors (Lipinski definition) is 3. The predicted molar refractivity (Wildman–Crippen MR) is 76.8 cm³/mol. The third-order valence-corrected chi connectivity index (χ3v) is 3.34. The highest BCUT2D eigenvalue weighted by molar-refractivity contribution is 6.30. The molecule has 1 saturated heterocycles. The second kappa shape index (κ2) is 6.86. The summed E-state index contributed by atoms with van der Waals surface area (Å²) in [6, 6.07) is 6.28. The summed E-state index contributed by atoms with van der Waals surface area (Å²) in [7, 11) is 0. The molecule has 1 aromatic carbocycles. The van der Waals surface area contributed by atoms with Crippen molar-refractivity contribution in [2.45, 2.75) is 32.2 Å². The number of benzene rings is 1. The smallest absolute Gasteiger partial charge is 0.142 e. The van der Waals surface area contributed by atoms with E-state index < -0.39 is 0 Å². The minimum absolute atomic E-state index is 0.508. The summed E-state index contributed by atoms with van der Waals surface area (Å²) in [5, 5.41) is 7.66. The Balaban J connectivity index is 2.05. The van der Waals surface area contributed by atoms with E-state index in [9.17, 15) is 0 Å². The maximum Gasteiger partial charge on any atom is 0.142 e. The topological polar surface area (TPSA) is 33.3 Å². The summed E-state index contributed by atoms with van der Waals surface area (Å²) in [5.74, 6) is 0.903. The molecule has 2 rings (SSSR count). The Bertz CT molecular complexity index is 378. The molecule has 0 saturated carbocycles. The maximum absolute atomic E-state index is 6.06. The highest BCUT2D eigenvalue weighted by Gasteiger charge is 2.14. The third-order valence-electron chi connectivity index (χ3n) is 3.10. The zero-order valence-corrected chi connectivity index (χ0v) is 11.6. The lowest BCUT2D eigenvalue weighted by Gasteiger charge is -2.25. The zero-order valence-electron chi connectivity index (χ0n) is 10.8. The molecule has 0 atom stereocenters. The lowest BCUT2D eigenvalue weighted by Crippen LogP contribution is -2.35. The number of anilines is 1. The Morgan fingerprint density at radius 3 is 2.89 bits per heavy atom. The Morgan fingerprint density at radius 2 is 2.17 bits per heavy atom. The van der Waals surface area contributed by atoms with Gasteiger partial charge in [0.2, 0.25) is 0 Å². The lowest BCUT2D eigenvalue weighted by molar-refractivity contribution is 0.318. The van der Waals surface area contributed by atoms with Gasteiger partial charge >= 0.3 is 0 Å². The third kappa shape index (κ3) is 3.79. The fourth-order valence-electron chi connectivity index (χ4n) is 2.14. The van der Waals surface area contributed by atoms with Crippen LogP contribution in [0.3, 0.4) is 0 Å². The molecule has 1 aliphatic heterocycles. The van der Waals surface area contributed by atoms with Gasteiger partial charge in [0.05, 0.1) is 12.3 Å². The number of piperidine rings is 1. The zero-order chi connectivity index (χ0) is 12.8. The fraction of sp³-hybridized carbons (Fsp3) is 0.571. The van der Waals surface area contributed by atoms with Crippen LogP contribution in [0.1, 0.15) is 26.2 Å². The van der Waals surface area contributed by atoms with Crippen LogP contribution in [-0.4, -0.2) is 25.7 Å². The Kier molecular flexibility index (Phi) is 5.14. The van der Waals surface area contributed by atoms with E-state index in [0.717, 1.165) is 55.4 Å². The Morgan fingerprint density at radius 1 is 1.39 bits per heavy atom. The van der Waals surface area contributed by atoms with Crippen molar-refractivity contribution >= 4 is 17.3 Å². The molecule has 3 nitrogen and oxygen atoms in total. The van der Waals surface area contributed by atoms with E-state index in [1.165, 1.54) is 0 Å². The first-order valence-electron chi connectivity index (χ1n) is 6.69. The van der Waals surface area contributed by atoms with Crippen LogP contribution in [0.25, 0.3) is 0 Å². The molecular formula is C14H21ClN2O. The molecule has 0 amide bonds. The summed E-state index contributed by atoms with van der Waals surface area (Å²) in [4.78, 5) is 0. The van der Waals surface area contributed by atoms with Crippen LogP contribution in [-0.2, 0) is 0 Å². The van der Waals surface area contributed by atoms with Gasteiger partial charge in [-0.1, -0.05) is 18.5 Å². The van der Waals surface area contributed by atoms with Crippen molar-refractivity contribution in [1.82, 2.24) is 5.32 Å². The molecule has 0 aliphatic carbocycles. The van der Waals surface area contributed by atoms with Gasteiger partial charge in [0.15, 0.2) is 0 Å².